The molecule has 2 heterocycles. The summed E-state index contributed by atoms with van der Waals surface area (Å²) in [6.07, 6.45) is 1.44. The molecule has 2 rings (SSSR count). The van der Waals surface area contributed by atoms with Crippen molar-refractivity contribution in [2.45, 2.75) is 44.4 Å². The second-order valence-electron chi connectivity index (χ2n) is 5.43. The molecule has 6 nitrogen and oxygen atoms in total. The molecule has 0 bridgehead atoms. The van der Waals surface area contributed by atoms with Crippen molar-refractivity contribution in [3.05, 3.63) is 0 Å². The van der Waals surface area contributed by atoms with E-state index in [1.165, 1.54) is 4.90 Å². The van der Waals surface area contributed by atoms with E-state index in [1.54, 1.807) is 0 Å². The molecular weight excluding hydrogens is 234 g/mol. The van der Waals surface area contributed by atoms with E-state index in [1.807, 2.05) is 0 Å². The van der Waals surface area contributed by atoms with Crippen LogP contribution in [0.3, 0.4) is 0 Å². The van der Waals surface area contributed by atoms with Gasteiger partial charge in [-0.2, -0.15) is 0 Å². The number of piperidine rings is 1. The number of aliphatic hydroxyl groups excluding tert-OH is 1. The van der Waals surface area contributed by atoms with E-state index < -0.39 is 18.1 Å². The number of aliphatic hydroxyl groups is 1. The number of nitrogens with two attached hydrogens (primary N) is 1. The molecule has 2 aliphatic heterocycles. The summed E-state index contributed by atoms with van der Waals surface area (Å²) in [5, 5.41) is 12.8. The molecule has 2 fully saturated rings. The Morgan fingerprint density at radius 1 is 1.39 bits per heavy atom. The van der Waals surface area contributed by atoms with Crippen LogP contribution in [0, 0.1) is 5.92 Å². The molecule has 4 atom stereocenters. The fraction of sp³-hybridized carbons (Fsp3) is 0.833. The van der Waals surface area contributed by atoms with E-state index in [4.69, 9.17) is 5.73 Å². The number of carbonyl (C=O) groups excluding carboxylic acids is 2. The van der Waals surface area contributed by atoms with Crippen LogP contribution < -0.4 is 11.1 Å². The third-order valence-electron chi connectivity index (χ3n) is 3.85. The molecule has 0 aliphatic carbocycles. The van der Waals surface area contributed by atoms with Crippen LogP contribution in [0.4, 0.5) is 0 Å². The summed E-state index contributed by atoms with van der Waals surface area (Å²) in [6.45, 7) is 3.14. The molecule has 0 radical (unpaired) electrons. The molecule has 0 aromatic rings. The topological polar surface area (TPSA) is 95.7 Å². The zero-order valence-corrected chi connectivity index (χ0v) is 10.6. The minimum absolute atomic E-state index is 0.109. The predicted octanol–water partition coefficient (Wildman–Crippen LogP) is -1.18. The van der Waals surface area contributed by atoms with Gasteiger partial charge in [0.1, 0.15) is 6.04 Å². The van der Waals surface area contributed by atoms with Gasteiger partial charge in [-0.15, -0.1) is 0 Å². The van der Waals surface area contributed by atoms with Gasteiger partial charge < -0.3 is 21.1 Å². The van der Waals surface area contributed by atoms with Crippen LogP contribution in [0.25, 0.3) is 0 Å². The summed E-state index contributed by atoms with van der Waals surface area (Å²) in [5.41, 5.74) is 5.28. The fourth-order valence-electron chi connectivity index (χ4n) is 2.82. The summed E-state index contributed by atoms with van der Waals surface area (Å²) >= 11 is 0. The molecule has 102 valence electrons. The van der Waals surface area contributed by atoms with E-state index in [9.17, 15) is 14.7 Å². The van der Waals surface area contributed by atoms with E-state index in [2.05, 4.69) is 12.2 Å². The molecule has 0 saturated carbocycles. The largest absolute Gasteiger partial charge is 0.391 e. The van der Waals surface area contributed by atoms with Crippen LogP contribution in [0.1, 0.15) is 26.2 Å². The van der Waals surface area contributed by atoms with Crippen molar-refractivity contribution in [2.24, 2.45) is 11.7 Å². The highest BCUT2D eigenvalue weighted by atomic mass is 16.3. The number of amides is 2. The summed E-state index contributed by atoms with van der Waals surface area (Å²) < 4.78 is 0. The number of hydrogen-bond acceptors (Lipinski definition) is 4. The van der Waals surface area contributed by atoms with Crippen LogP contribution >= 0.6 is 0 Å². The molecule has 4 N–H and O–H groups in total. The number of β-amino-alcohol motifs (C(OH)–C–C–N with tert-alkyl or cyclic N) is 1. The van der Waals surface area contributed by atoms with Crippen molar-refractivity contribution in [1.82, 2.24) is 10.2 Å². The standard InChI is InChI=1S/C12H21N3O3/c1-7-2-3-14-9(4-7)12(18)15-6-8(16)5-10(15)11(13)17/h7-10,14,16H,2-6H2,1H3,(H2,13,17). The lowest BCUT2D eigenvalue weighted by Gasteiger charge is -2.32. The Hall–Kier alpha value is -1.14. The molecule has 2 aliphatic rings. The number of primary amides is 1. The SMILES string of the molecule is CC1CCNC(C(=O)N2CC(O)CC2C(N)=O)C1. The van der Waals surface area contributed by atoms with Crippen molar-refractivity contribution in [3.63, 3.8) is 0 Å². The van der Waals surface area contributed by atoms with Crippen LogP contribution in [0.15, 0.2) is 0 Å². The maximum atomic E-state index is 12.4. The smallest absolute Gasteiger partial charge is 0.240 e. The number of hydrogen-bond donors (Lipinski definition) is 3. The molecule has 0 aromatic carbocycles. The molecule has 18 heavy (non-hydrogen) atoms. The third kappa shape index (κ3) is 2.64. The average Bonchev–Trinajstić information content (AvgIpc) is 2.70. The summed E-state index contributed by atoms with van der Waals surface area (Å²) in [5.74, 6) is -0.148. The highest BCUT2D eigenvalue weighted by Gasteiger charge is 2.40. The van der Waals surface area contributed by atoms with Gasteiger partial charge in [0.2, 0.25) is 11.8 Å². The van der Waals surface area contributed by atoms with Gasteiger partial charge in [-0.1, -0.05) is 6.92 Å². The van der Waals surface area contributed by atoms with E-state index in [0.29, 0.717) is 5.92 Å². The molecule has 2 saturated heterocycles. The average molecular weight is 255 g/mol. The summed E-state index contributed by atoms with van der Waals surface area (Å²) in [4.78, 5) is 25.1. The van der Waals surface area contributed by atoms with Gasteiger partial charge in [0.15, 0.2) is 0 Å². The first-order chi connectivity index (χ1) is 8.49. The highest BCUT2D eigenvalue weighted by molar-refractivity contribution is 5.89. The second-order valence-corrected chi connectivity index (χ2v) is 5.43. The van der Waals surface area contributed by atoms with Crippen LogP contribution in [-0.4, -0.2) is 53.1 Å². The summed E-state index contributed by atoms with van der Waals surface area (Å²) in [7, 11) is 0. The summed E-state index contributed by atoms with van der Waals surface area (Å²) in [6, 6.07) is -0.910. The van der Waals surface area contributed by atoms with Crippen molar-refractivity contribution < 1.29 is 14.7 Å². The number of carbonyl (C=O) groups is 2. The normalized spacial score (nSPS) is 36.7. The Morgan fingerprint density at radius 3 is 2.72 bits per heavy atom. The van der Waals surface area contributed by atoms with Gasteiger partial charge in [0.05, 0.1) is 12.1 Å². The molecule has 6 heteroatoms. The van der Waals surface area contributed by atoms with Gasteiger partial charge in [0.25, 0.3) is 0 Å². The number of rotatable bonds is 2. The van der Waals surface area contributed by atoms with Gasteiger partial charge in [0, 0.05) is 13.0 Å². The van der Waals surface area contributed by atoms with Gasteiger partial charge in [-0.05, 0) is 25.3 Å². The Kier molecular flexibility index (Phi) is 3.87. The number of nitrogens with zero attached hydrogens (tertiary/aromatic N) is 1. The number of nitrogens with one attached hydrogen (secondary N) is 1. The van der Waals surface area contributed by atoms with Gasteiger partial charge in [-0.25, -0.2) is 0 Å². The minimum Gasteiger partial charge on any atom is -0.391 e. The monoisotopic (exact) mass is 255 g/mol. The first kappa shape index (κ1) is 13.3. The maximum Gasteiger partial charge on any atom is 0.240 e. The van der Waals surface area contributed by atoms with E-state index in [0.717, 1.165) is 19.4 Å². The molecule has 0 aromatic heterocycles. The lowest BCUT2D eigenvalue weighted by atomic mass is 9.93. The van der Waals surface area contributed by atoms with E-state index >= 15 is 0 Å². The second kappa shape index (κ2) is 5.24. The van der Waals surface area contributed by atoms with Crippen LogP contribution in [0.5, 0.6) is 0 Å². The van der Waals surface area contributed by atoms with Gasteiger partial charge >= 0.3 is 0 Å². The highest BCUT2D eigenvalue weighted by Crippen LogP contribution is 2.22. The maximum absolute atomic E-state index is 12.4. The van der Waals surface area contributed by atoms with E-state index in [-0.39, 0.29) is 24.9 Å². The fourth-order valence-corrected chi connectivity index (χ4v) is 2.82. The number of likely N-dealkylation sites (tertiary alicyclic amines) is 1. The molecule has 4 unspecified atom stereocenters. The van der Waals surface area contributed by atoms with Crippen molar-refractivity contribution in [1.29, 1.82) is 0 Å². The lowest BCUT2D eigenvalue weighted by molar-refractivity contribution is -0.139. The van der Waals surface area contributed by atoms with Crippen molar-refractivity contribution in [2.75, 3.05) is 13.1 Å². The Balaban J connectivity index is 2.05. The van der Waals surface area contributed by atoms with Crippen molar-refractivity contribution in [3.8, 4) is 0 Å². The minimum atomic E-state index is -0.661. The molecule has 2 amide bonds. The quantitative estimate of drug-likeness (QED) is 0.579. The van der Waals surface area contributed by atoms with Crippen molar-refractivity contribution >= 4 is 11.8 Å². The zero-order chi connectivity index (χ0) is 13.3. The third-order valence-corrected chi connectivity index (χ3v) is 3.85. The predicted molar refractivity (Wildman–Crippen MR) is 65.5 cm³/mol. The van der Waals surface area contributed by atoms with Gasteiger partial charge in [-0.3, -0.25) is 9.59 Å². The Morgan fingerprint density at radius 2 is 2.11 bits per heavy atom. The first-order valence-electron chi connectivity index (χ1n) is 6.50. The lowest BCUT2D eigenvalue weighted by Crippen LogP contribution is -2.53. The zero-order valence-electron chi connectivity index (χ0n) is 10.6. The Labute approximate surface area is 107 Å². The first-order valence-corrected chi connectivity index (χ1v) is 6.50. The Bertz CT molecular complexity index is 347. The molecule has 0 spiro atoms. The molecular formula is C12H21N3O3. The van der Waals surface area contributed by atoms with Crippen LogP contribution in [-0.2, 0) is 9.59 Å². The van der Waals surface area contributed by atoms with Crippen LogP contribution in [0.2, 0.25) is 0 Å².